The van der Waals surface area contributed by atoms with Gasteiger partial charge in [0, 0.05) is 29.1 Å². The number of H-pyrrole nitrogens is 1. The smallest absolute Gasteiger partial charge is 0.231 e. The van der Waals surface area contributed by atoms with Gasteiger partial charge in [0.15, 0.2) is 16.3 Å². The van der Waals surface area contributed by atoms with Crippen LogP contribution in [0.1, 0.15) is 66.7 Å². The standard InChI is InChI=1S/C26H25N3O3S/c30-25-20-13-18-17-8-4-5-9-19(17)27-23(18)24(15-10-11-21-22(12-15)32-14-31-21)29(20)26(33)28(25)16-6-2-1-3-7-16/h4-5,8-12,16,24,27,30H,1-3,6-7,13-14H2. The third-order valence-electron chi connectivity index (χ3n) is 7.56. The lowest BCUT2D eigenvalue weighted by Crippen LogP contribution is -2.22. The van der Waals surface area contributed by atoms with Crippen molar-refractivity contribution >= 4 is 23.1 Å². The van der Waals surface area contributed by atoms with Crippen molar-refractivity contribution in [3.05, 3.63) is 69.8 Å². The lowest BCUT2D eigenvalue weighted by molar-refractivity contribution is 0.174. The first-order valence-corrected chi connectivity index (χ1v) is 12.1. The zero-order chi connectivity index (χ0) is 22.1. The topological polar surface area (TPSA) is 64.3 Å². The van der Waals surface area contributed by atoms with Crippen molar-refractivity contribution < 1.29 is 14.6 Å². The molecule has 4 heterocycles. The monoisotopic (exact) mass is 459 g/mol. The summed E-state index contributed by atoms with van der Waals surface area (Å²) in [6, 6.07) is 14.6. The molecule has 0 spiro atoms. The molecule has 0 saturated heterocycles. The normalized spacial score (nSPS) is 19.6. The summed E-state index contributed by atoms with van der Waals surface area (Å²) in [6.07, 6.45) is 6.40. The van der Waals surface area contributed by atoms with Gasteiger partial charge in [-0.3, -0.25) is 4.57 Å². The van der Waals surface area contributed by atoms with Gasteiger partial charge in [-0.1, -0.05) is 43.5 Å². The second-order valence-electron chi connectivity index (χ2n) is 9.34. The molecule has 6 nitrogen and oxygen atoms in total. The van der Waals surface area contributed by atoms with Crippen LogP contribution in [0.15, 0.2) is 42.5 Å². The highest BCUT2D eigenvalue weighted by Gasteiger charge is 2.36. The lowest BCUT2D eigenvalue weighted by atomic mass is 9.92. The Morgan fingerprint density at radius 3 is 2.67 bits per heavy atom. The highest BCUT2D eigenvalue weighted by atomic mass is 32.1. The molecule has 7 heteroatoms. The van der Waals surface area contributed by atoms with Crippen LogP contribution in [0.5, 0.6) is 17.4 Å². The first-order chi connectivity index (χ1) is 16.2. The van der Waals surface area contributed by atoms with Crippen molar-refractivity contribution in [3.8, 4) is 17.4 Å². The molecular weight excluding hydrogens is 434 g/mol. The number of benzene rings is 2. The molecule has 2 aliphatic heterocycles. The number of hydrogen-bond donors (Lipinski definition) is 2. The molecule has 2 N–H and O–H groups in total. The van der Waals surface area contributed by atoms with Gasteiger partial charge >= 0.3 is 0 Å². The first kappa shape index (κ1) is 19.3. The van der Waals surface area contributed by atoms with E-state index in [1.807, 2.05) is 22.8 Å². The molecule has 1 fully saturated rings. The molecule has 0 radical (unpaired) electrons. The predicted octanol–water partition coefficient (Wildman–Crippen LogP) is 5.98. The van der Waals surface area contributed by atoms with E-state index in [1.165, 1.54) is 30.2 Å². The van der Waals surface area contributed by atoms with Gasteiger partial charge in [-0.05, 0) is 54.4 Å². The minimum absolute atomic E-state index is 0.172. The van der Waals surface area contributed by atoms with Crippen molar-refractivity contribution in [2.24, 2.45) is 0 Å². The number of para-hydroxylation sites is 1. The molecule has 2 aromatic carbocycles. The first-order valence-electron chi connectivity index (χ1n) is 11.7. The van der Waals surface area contributed by atoms with Crippen LogP contribution in [0.3, 0.4) is 0 Å². The average molecular weight is 460 g/mol. The van der Waals surface area contributed by atoms with Gasteiger partial charge in [0.05, 0.1) is 5.69 Å². The van der Waals surface area contributed by atoms with Gasteiger partial charge < -0.3 is 24.1 Å². The van der Waals surface area contributed by atoms with E-state index in [1.54, 1.807) is 0 Å². The van der Waals surface area contributed by atoms with Crippen molar-refractivity contribution in [3.63, 3.8) is 0 Å². The van der Waals surface area contributed by atoms with Gasteiger partial charge in [-0.2, -0.15) is 0 Å². The van der Waals surface area contributed by atoms with Gasteiger partial charge in [0.25, 0.3) is 0 Å². The van der Waals surface area contributed by atoms with E-state index in [0.717, 1.165) is 46.8 Å². The lowest BCUT2D eigenvalue weighted by Gasteiger charge is -2.27. The van der Waals surface area contributed by atoms with E-state index in [2.05, 4.69) is 33.8 Å². The van der Waals surface area contributed by atoms with Crippen LogP contribution in [0.25, 0.3) is 10.9 Å². The van der Waals surface area contributed by atoms with E-state index in [0.29, 0.717) is 17.1 Å². The van der Waals surface area contributed by atoms with Gasteiger partial charge in [-0.25, -0.2) is 0 Å². The van der Waals surface area contributed by atoms with E-state index in [9.17, 15) is 5.11 Å². The van der Waals surface area contributed by atoms with Crippen LogP contribution in [0.4, 0.5) is 0 Å². The highest BCUT2D eigenvalue weighted by molar-refractivity contribution is 7.71. The molecule has 0 bridgehead atoms. The number of aromatic amines is 1. The number of nitrogens with one attached hydrogen (secondary N) is 1. The third kappa shape index (κ3) is 2.75. The number of nitrogens with zero attached hydrogens (tertiary/aromatic N) is 2. The predicted molar refractivity (Wildman–Crippen MR) is 128 cm³/mol. The van der Waals surface area contributed by atoms with Crippen molar-refractivity contribution in [1.82, 2.24) is 14.1 Å². The largest absolute Gasteiger partial charge is 0.493 e. The Kier molecular flexibility index (Phi) is 4.18. The number of aromatic hydroxyl groups is 1. The second kappa shape index (κ2) is 7.15. The average Bonchev–Trinajstić information content (AvgIpc) is 3.53. The molecule has 168 valence electrons. The number of imidazole rings is 1. The highest BCUT2D eigenvalue weighted by Crippen LogP contribution is 2.46. The Labute approximate surface area is 196 Å². The van der Waals surface area contributed by atoms with Crippen LogP contribution >= 0.6 is 12.2 Å². The Hall–Kier alpha value is -3.19. The summed E-state index contributed by atoms with van der Waals surface area (Å²) in [4.78, 5) is 3.68. The quantitative estimate of drug-likeness (QED) is 0.319. The Morgan fingerprint density at radius 1 is 0.970 bits per heavy atom. The zero-order valence-electron chi connectivity index (χ0n) is 18.2. The number of ether oxygens (including phenoxy) is 2. The maximum Gasteiger partial charge on any atom is 0.231 e. The van der Waals surface area contributed by atoms with Crippen LogP contribution < -0.4 is 9.47 Å². The van der Waals surface area contributed by atoms with Gasteiger partial charge in [0.1, 0.15) is 6.04 Å². The molecule has 1 atom stereocenters. The molecule has 1 saturated carbocycles. The Morgan fingerprint density at radius 2 is 1.79 bits per heavy atom. The molecule has 7 rings (SSSR count). The zero-order valence-corrected chi connectivity index (χ0v) is 19.0. The second-order valence-corrected chi connectivity index (χ2v) is 9.70. The summed E-state index contributed by atoms with van der Waals surface area (Å²) in [5.41, 5.74) is 5.40. The van der Waals surface area contributed by atoms with Crippen molar-refractivity contribution in [1.29, 1.82) is 0 Å². The van der Waals surface area contributed by atoms with Crippen LogP contribution in [0, 0.1) is 4.77 Å². The van der Waals surface area contributed by atoms with E-state index in [4.69, 9.17) is 21.7 Å². The molecule has 33 heavy (non-hydrogen) atoms. The molecule has 1 aliphatic carbocycles. The SMILES string of the molecule is Oc1c2n(c(=S)n1C1CCCCC1)C(c1ccc3c(c1)OCO3)c1[nH]c3ccccc3c1C2. The van der Waals surface area contributed by atoms with Crippen molar-refractivity contribution in [2.75, 3.05) is 6.79 Å². The molecule has 4 aromatic rings. The fourth-order valence-electron chi connectivity index (χ4n) is 6.01. The number of hydrogen-bond acceptors (Lipinski definition) is 4. The van der Waals surface area contributed by atoms with Gasteiger partial charge in [0.2, 0.25) is 12.7 Å². The summed E-state index contributed by atoms with van der Waals surface area (Å²) < 4.78 is 16.1. The fraction of sp³-hybridized carbons (Fsp3) is 0.346. The summed E-state index contributed by atoms with van der Waals surface area (Å²) in [5, 5.41) is 12.7. The Bertz CT molecular complexity index is 1460. The van der Waals surface area contributed by atoms with Crippen LogP contribution in [-0.4, -0.2) is 26.0 Å². The third-order valence-corrected chi connectivity index (χ3v) is 7.96. The molecule has 1 unspecified atom stereocenters. The van der Waals surface area contributed by atoms with E-state index < -0.39 is 0 Å². The summed E-state index contributed by atoms with van der Waals surface area (Å²) in [6.45, 7) is 0.241. The summed E-state index contributed by atoms with van der Waals surface area (Å²) >= 11 is 6.06. The van der Waals surface area contributed by atoms with Crippen LogP contribution in [-0.2, 0) is 6.42 Å². The minimum Gasteiger partial charge on any atom is -0.493 e. The maximum absolute atomic E-state index is 11.5. The summed E-state index contributed by atoms with van der Waals surface area (Å²) in [5.74, 6) is 1.84. The molecule has 0 amide bonds. The number of aromatic nitrogens is 3. The molecular formula is C26H25N3O3S. The fourth-order valence-corrected chi connectivity index (χ4v) is 6.46. The number of fused-ring (bicyclic) bond motifs is 5. The van der Waals surface area contributed by atoms with Crippen LogP contribution in [0.2, 0.25) is 0 Å². The van der Waals surface area contributed by atoms with Gasteiger partial charge in [-0.15, -0.1) is 0 Å². The molecule has 2 aromatic heterocycles. The van der Waals surface area contributed by atoms with E-state index >= 15 is 0 Å². The summed E-state index contributed by atoms with van der Waals surface area (Å²) in [7, 11) is 0. The minimum atomic E-state index is -0.172. The Balaban J connectivity index is 1.48. The molecule has 3 aliphatic rings. The van der Waals surface area contributed by atoms with Crippen molar-refractivity contribution in [2.45, 2.75) is 50.6 Å². The number of rotatable bonds is 2. The van der Waals surface area contributed by atoms with E-state index in [-0.39, 0.29) is 18.9 Å². The maximum atomic E-state index is 11.5.